The van der Waals surface area contributed by atoms with E-state index in [0.29, 0.717) is 13.1 Å². The van der Waals surface area contributed by atoms with Gasteiger partial charge < -0.3 is 9.64 Å². The van der Waals surface area contributed by atoms with E-state index in [1.54, 1.807) is 11.4 Å². The lowest BCUT2D eigenvalue weighted by Crippen LogP contribution is -2.36. The molecule has 3 rings (SSSR count). The smallest absolute Gasteiger partial charge is 0.217 e. The highest BCUT2D eigenvalue weighted by atomic mass is 32.2. The molecule has 1 saturated heterocycles. The predicted molar refractivity (Wildman–Crippen MR) is 86.7 cm³/mol. The van der Waals surface area contributed by atoms with E-state index in [9.17, 15) is 8.42 Å². The first-order valence-electron chi connectivity index (χ1n) is 7.73. The van der Waals surface area contributed by atoms with Crippen molar-refractivity contribution < 1.29 is 13.2 Å². The van der Waals surface area contributed by atoms with E-state index in [-0.39, 0.29) is 17.2 Å². The Morgan fingerprint density at radius 3 is 2.27 bits per heavy atom. The third kappa shape index (κ3) is 2.87. The van der Waals surface area contributed by atoms with Gasteiger partial charge in [0.2, 0.25) is 10.0 Å². The third-order valence-electron chi connectivity index (χ3n) is 4.77. The van der Waals surface area contributed by atoms with E-state index >= 15 is 0 Å². The minimum atomic E-state index is -3.10. The lowest BCUT2D eigenvalue weighted by molar-refractivity contribution is 0.285. The summed E-state index contributed by atoms with van der Waals surface area (Å²) in [4.78, 5) is 2.14. The highest BCUT2D eigenvalue weighted by Crippen LogP contribution is 2.37. The Morgan fingerprint density at radius 1 is 1.14 bits per heavy atom. The molecule has 0 unspecified atom stereocenters. The van der Waals surface area contributed by atoms with E-state index in [1.165, 1.54) is 5.56 Å². The second kappa shape index (κ2) is 5.83. The van der Waals surface area contributed by atoms with Gasteiger partial charge in [0.25, 0.3) is 0 Å². The monoisotopic (exact) mass is 324 g/mol. The normalized spacial score (nSPS) is 26.5. The van der Waals surface area contributed by atoms with Gasteiger partial charge in [-0.2, -0.15) is 4.31 Å². The van der Waals surface area contributed by atoms with Crippen molar-refractivity contribution in [1.29, 1.82) is 0 Å². The summed E-state index contributed by atoms with van der Waals surface area (Å²) in [5.74, 6) is 1.03. The van der Waals surface area contributed by atoms with Crippen LogP contribution in [0.15, 0.2) is 24.3 Å². The Bertz CT molecular complexity index is 623. The van der Waals surface area contributed by atoms with Crippen LogP contribution >= 0.6 is 0 Å². The van der Waals surface area contributed by atoms with E-state index in [2.05, 4.69) is 4.90 Å². The molecule has 1 aromatic carbocycles. The molecular formula is C16H24N2O3S. The molecule has 1 heterocycles. The highest BCUT2D eigenvalue weighted by molar-refractivity contribution is 7.90. The van der Waals surface area contributed by atoms with Gasteiger partial charge in [-0.1, -0.05) is 12.1 Å². The summed E-state index contributed by atoms with van der Waals surface area (Å²) in [6.45, 7) is 1.16. The van der Waals surface area contributed by atoms with Gasteiger partial charge in [-0.3, -0.25) is 0 Å². The Labute approximate surface area is 132 Å². The van der Waals surface area contributed by atoms with Crippen LogP contribution in [-0.2, 0) is 10.0 Å². The average Bonchev–Trinajstić information content (AvgIpc) is 3.26. The zero-order valence-corrected chi connectivity index (χ0v) is 14.2. The predicted octanol–water partition coefficient (Wildman–Crippen LogP) is 1.52. The number of hydrogen-bond acceptors (Lipinski definition) is 4. The molecule has 0 N–H and O–H groups in total. The van der Waals surface area contributed by atoms with Gasteiger partial charge in [-0.15, -0.1) is 0 Å². The lowest BCUT2D eigenvalue weighted by atomic mass is 9.94. The molecule has 2 fully saturated rings. The molecule has 0 aromatic heterocycles. The Hall–Kier alpha value is -1.11. The Morgan fingerprint density at radius 2 is 1.77 bits per heavy atom. The van der Waals surface area contributed by atoms with Gasteiger partial charge in [0.05, 0.1) is 12.4 Å². The standard InChI is InChI=1S/C16H24N2O3S/c1-17(2)16-11-18(22(19,20)14-8-9-14)10-15(16)12-4-6-13(21-3)7-5-12/h4-7,14-16H,8-11H2,1-3H3/t15-,16+/m0/s1. The first kappa shape index (κ1) is 15.8. The Kier molecular flexibility index (Phi) is 4.18. The second-order valence-corrected chi connectivity index (χ2v) is 8.68. The topological polar surface area (TPSA) is 49.9 Å². The zero-order valence-electron chi connectivity index (χ0n) is 13.4. The van der Waals surface area contributed by atoms with Gasteiger partial charge in [0.1, 0.15) is 5.75 Å². The largest absolute Gasteiger partial charge is 0.497 e. The van der Waals surface area contributed by atoms with E-state index in [1.807, 2.05) is 38.4 Å². The molecule has 0 amide bonds. The summed E-state index contributed by atoms with van der Waals surface area (Å²) < 4.78 is 32.0. The first-order chi connectivity index (χ1) is 10.4. The molecule has 6 heteroatoms. The number of nitrogens with zero attached hydrogens (tertiary/aromatic N) is 2. The third-order valence-corrected chi connectivity index (χ3v) is 7.10. The van der Waals surface area contributed by atoms with Crippen LogP contribution in [0.2, 0.25) is 0 Å². The second-order valence-electron chi connectivity index (χ2n) is 6.47. The highest BCUT2D eigenvalue weighted by Gasteiger charge is 2.46. The quantitative estimate of drug-likeness (QED) is 0.824. The van der Waals surface area contributed by atoms with Gasteiger partial charge >= 0.3 is 0 Å². The van der Waals surface area contributed by atoms with Crippen LogP contribution in [0, 0.1) is 0 Å². The van der Waals surface area contributed by atoms with Crippen LogP contribution in [0.3, 0.4) is 0 Å². The molecule has 1 aliphatic carbocycles. The SMILES string of the molecule is COc1ccc([C@@H]2CN(S(=O)(=O)C3CC3)C[C@H]2N(C)C)cc1. The van der Waals surface area contributed by atoms with Crippen molar-refractivity contribution in [1.82, 2.24) is 9.21 Å². The molecule has 0 bridgehead atoms. The molecule has 0 spiro atoms. The number of rotatable bonds is 5. The molecular weight excluding hydrogens is 300 g/mol. The summed E-state index contributed by atoms with van der Waals surface area (Å²) in [5, 5.41) is -0.134. The van der Waals surface area contributed by atoms with Crippen LogP contribution in [0.4, 0.5) is 0 Å². The van der Waals surface area contributed by atoms with Crippen molar-refractivity contribution in [3.05, 3.63) is 29.8 Å². The number of methoxy groups -OCH3 is 1. The van der Waals surface area contributed by atoms with Crippen molar-refractivity contribution in [2.24, 2.45) is 0 Å². The first-order valence-corrected chi connectivity index (χ1v) is 9.23. The van der Waals surface area contributed by atoms with E-state index < -0.39 is 10.0 Å². The lowest BCUT2D eigenvalue weighted by Gasteiger charge is -2.25. The van der Waals surface area contributed by atoms with Crippen molar-refractivity contribution in [2.45, 2.75) is 30.1 Å². The average molecular weight is 324 g/mol. The number of ether oxygens (including phenoxy) is 1. The summed E-state index contributed by atoms with van der Waals surface area (Å²) in [6.07, 6.45) is 1.64. The van der Waals surface area contributed by atoms with Gasteiger partial charge in [-0.25, -0.2) is 8.42 Å². The minimum absolute atomic E-state index is 0.134. The summed E-state index contributed by atoms with van der Waals surface area (Å²) in [6, 6.07) is 8.20. The van der Waals surface area contributed by atoms with Crippen molar-refractivity contribution >= 4 is 10.0 Å². The van der Waals surface area contributed by atoms with E-state index in [0.717, 1.165) is 18.6 Å². The van der Waals surface area contributed by atoms with Crippen LogP contribution in [-0.4, -0.2) is 63.2 Å². The number of hydrogen-bond donors (Lipinski definition) is 0. The molecule has 2 aliphatic rings. The van der Waals surface area contributed by atoms with Crippen molar-refractivity contribution in [3.8, 4) is 5.75 Å². The fourth-order valence-corrected chi connectivity index (χ4v) is 5.12. The zero-order chi connectivity index (χ0) is 15.9. The minimum Gasteiger partial charge on any atom is -0.497 e. The Balaban J connectivity index is 1.84. The molecule has 0 radical (unpaired) electrons. The van der Waals surface area contributed by atoms with Gasteiger partial charge in [0, 0.05) is 25.0 Å². The van der Waals surface area contributed by atoms with Crippen LogP contribution < -0.4 is 4.74 Å². The summed E-state index contributed by atoms with van der Waals surface area (Å²) in [7, 11) is 2.59. The van der Waals surface area contributed by atoms with Crippen molar-refractivity contribution in [3.63, 3.8) is 0 Å². The maximum absolute atomic E-state index is 12.5. The number of likely N-dealkylation sites (N-methyl/N-ethyl adjacent to an activating group) is 1. The van der Waals surface area contributed by atoms with Crippen molar-refractivity contribution in [2.75, 3.05) is 34.3 Å². The van der Waals surface area contributed by atoms with Crippen LogP contribution in [0.25, 0.3) is 0 Å². The molecule has 5 nitrogen and oxygen atoms in total. The molecule has 1 saturated carbocycles. The molecule has 2 atom stereocenters. The number of sulfonamides is 1. The van der Waals surface area contributed by atoms with Gasteiger partial charge in [-0.05, 0) is 44.6 Å². The van der Waals surface area contributed by atoms with Gasteiger partial charge in [0.15, 0.2) is 0 Å². The number of benzene rings is 1. The molecule has 1 aromatic rings. The van der Waals surface area contributed by atoms with Crippen LogP contribution in [0.5, 0.6) is 5.75 Å². The molecule has 22 heavy (non-hydrogen) atoms. The fraction of sp³-hybridized carbons (Fsp3) is 0.625. The summed E-state index contributed by atoms with van der Waals surface area (Å²) >= 11 is 0. The summed E-state index contributed by atoms with van der Waals surface area (Å²) in [5.41, 5.74) is 1.17. The van der Waals surface area contributed by atoms with E-state index in [4.69, 9.17) is 4.74 Å². The molecule has 122 valence electrons. The maximum atomic E-state index is 12.5. The fourth-order valence-electron chi connectivity index (χ4n) is 3.24. The maximum Gasteiger partial charge on any atom is 0.217 e. The van der Waals surface area contributed by atoms with Crippen LogP contribution in [0.1, 0.15) is 24.3 Å². The molecule has 1 aliphatic heterocycles.